The number of hydrogen-bond donors (Lipinski definition) is 1. The lowest BCUT2D eigenvalue weighted by molar-refractivity contribution is 0.0973. The highest BCUT2D eigenvalue weighted by Crippen LogP contribution is 2.47. The van der Waals surface area contributed by atoms with Crippen molar-refractivity contribution in [1.29, 1.82) is 0 Å². The van der Waals surface area contributed by atoms with E-state index in [0.29, 0.717) is 17.4 Å². The third kappa shape index (κ3) is 2.89. The first-order valence-corrected chi connectivity index (χ1v) is 8.16. The molecule has 4 heteroatoms. The molecule has 3 nitrogen and oxygen atoms in total. The van der Waals surface area contributed by atoms with Crippen molar-refractivity contribution >= 4 is 11.6 Å². The van der Waals surface area contributed by atoms with Crippen molar-refractivity contribution in [2.24, 2.45) is 11.3 Å². The summed E-state index contributed by atoms with van der Waals surface area (Å²) in [6, 6.07) is 0.614. The molecule has 0 saturated heterocycles. The van der Waals surface area contributed by atoms with Crippen LogP contribution < -0.4 is 5.32 Å². The summed E-state index contributed by atoms with van der Waals surface area (Å²) in [5, 5.41) is 8.78. The van der Waals surface area contributed by atoms with Crippen LogP contribution >= 0.6 is 11.6 Å². The third-order valence-electron chi connectivity index (χ3n) is 4.87. The van der Waals surface area contributed by atoms with Gasteiger partial charge in [-0.1, -0.05) is 38.3 Å². The van der Waals surface area contributed by atoms with E-state index in [0.717, 1.165) is 10.7 Å². The van der Waals surface area contributed by atoms with Gasteiger partial charge in [0.05, 0.1) is 23.0 Å². The Morgan fingerprint density at radius 2 is 2.10 bits per heavy atom. The second kappa shape index (κ2) is 6.07. The summed E-state index contributed by atoms with van der Waals surface area (Å²) in [5.74, 6) is 0.605. The smallest absolute Gasteiger partial charge is 0.0834 e. The van der Waals surface area contributed by atoms with E-state index in [4.69, 9.17) is 11.6 Å². The van der Waals surface area contributed by atoms with E-state index in [9.17, 15) is 0 Å². The molecule has 2 atom stereocenters. The lowest BCUT2D eigenvalue weighted by Crippen LogP contribution is -2.39. The molecule has 0 spiro atoms. The summed E-state index contributed by atoms with van der Waals surface area (Å²) in [4.78, 5) is 0. The van der Waals surface area contributed by atoms with Gasteiger partial charge in [0.25, 0.3) is 0 Å². The van der Waals surface area contributed by atoms with Gasteiger partial charge in [0.1, 0.15) is 0 Å². The number of halogens is 1. The van der Waals surface area contributed by atoms with Crippen LogP contribution in [0.15, 0.2) is 6.20 Å². The summed E-state index contributed by atoms with van der Waals surface area (Å²) in [6.07, 6.45) is 7.01. The molecule has 0 radical (unpaired) electrons. The van der Waals surface area contributed by atoms with Crippen LogP contribution in [0, 0.1) is 11.3 Å². The zero-order valence-electron chi connectivity index (χ0n) is 13.4. The van der Waals surface area contributed by atoms with Gasteiger partial charge in [-0.05, 0) is 45.1 Å². The molecule has 2 unspecified atom stereocenters. The van der Waals surface area contributed by atoms with Gasteiger partial charge in [0, 0.05) is 6.04 Å². The lowest BCUT2D eigenvalue weighted by atomic mass is 9.65. The molecule has 0 aromatic carbocycles. The first kappa shape index (κ1) is 15.8. The number of nitrogens with one attached hydrogen (secondary N) is 1. The molecule has 0 amide bonds. The van der Waals surface area contributed by atoms with E-state index in [2.05, 4.69) is 42.8 Å². The Morgan fingerprint density at radius 3 is 2.65 bits per heavy atom. The van der Waals surface area contributed by atoms with Gasteiger partial charge in [-0.25, -0.2) is 0 Å². The van der Waals surface area contributed by atoms with Gasteiger partial charge in [-0.15, -0.1) is 0 Å². The van der Waals surface area contributed by atoms with Crippen LogP contribution in [0.4, 0.5) is 0 Å². The molecule has 0 aliphatic heterocycles. The largest absolute Gasteiger partial charge is 0.311 e. The Balaban J connectivity index is 2.39. The monoisotopic (exact) mass is 297 g/mol. The first-order valence-electron chi connectivity index (χ1n) is 7.78. The summed E-state index contributed by atoms with van der Waals surface area (Å²) in [6.45, 7) is 9.10. The average Bonchev–Trinajstić information content (AvgIpc) is 2.75. The van der Waals surface area contributed by atoms with Crippen molar-refractivity contribution in [2.45, 2.75) is 65.5 Å². The lowest BCUT2D eigenvalue weighted by Gasteiger charge is -2.43. The Bertz CT molecular complexity index is 451. The van der Waals surface area contributed by atoms with Crippen molar-refractivity contribution in [3.63, 3.8) is 0 Å². The average molecular weight is 298 g/mol. The fourth-order valence-corrected chi connectivity index (χ4v) is 3.97. The van der Waals surface area contributed by atoms with E-state index in [1.807, 2.05) is 7.05 Å². The van der Waals surface area contributed by atoms with Crippen molar-refractivity contribution in [3.05, 3.63) is 16.9 Å². The minimum absolute atomic E-state index is 0.280. The van der Waals surface area contributed by atoms with Gasteiger partial charge in [-0.3, -0.25) is 4.68 Å². The number of nitrogens with zero attached hydrogens (tertiary/aromatic N) is 2. The van der Waals surface area contributed by atoms with Crippen molar-refractivity contribution in [2.75, 3.05) is 7.05 Å². The highest BCUT2D eigenvalue weighted by Gasteiger charge is 2.39. The molecule has 1 heterocycles. The minimum Gasteiger partial charge on any atom is -0.311 e. The van der Waals surface area contributed by atoms with Crippen LogP contribution in [0.2, 0.25) is 5.02 Å². The predicted molar refractivity (Wildman–Crippen MR) is 85.2 cm³/mol. The molecule has 2 rings (SSSR count). The summed E-state index contributed by atoms with van der Waals surface area (Å²) in [5.41, 5.74) is 1.51. The molecule has 1 aromatic heterocycles. The second-order valence-corrected chi connectivity index (χ2v) is 7.43. The normalized spacial score (nSPS) is 24.1. The molecule has 1 saturated carbocycles. The van der Waals surface area contributed by atoms with Crippen LogP contribution in [0.1, 0.15) is 71.2 Å². The van der Waals surface area contributed by atoms with Crippen molar-refractivity contribution in [1.82, 2.24) is 15.1 Å². The zero-order valence-corrected chi connectivity index (χ0v) is 14.2. The molecule has 1 aromatic rings. The molecule has 114 valence electrons. The summed E-state index contributed by atoms with van der Waals surface area (Å²) in [7, 11) is 2.04. The molecule has 1 fully saturated rings. The van der Waals surface area contributed by atoms with E-state index < -0.39 is 0 Å². The summed E-state index contributed by atoms with van der Waals surface area (Å²) < 4.78 is 2.08. The van der Waals surface area contributed by atoms with Crippen molar-refractivity contribution in [3.8, 4) is 0 Å². The maximum atomic E-state index is 6.45. The zero-order chi connectivity index (χ0) is 14.9. The fraction of sp³-hybridized carbons (Fsp3) is 0.812. The van der Waals surface area contributed by atoms with Crippen LogP contribution in [0.25, 0.3) is 0 Å². The maximum Gasteiger partial charge on any atom is 0.0834 e. The van der Waals surface area contributed by atoms with Gasteiger partial charge < -0.3 is 5.32 Å². The third-order valence-corrected chi connectivity index (χ3v) is 5.17. The highest BCUT2D eigenvalue weighted by atomic mass is 35.5. The topological polar surface area (TPSA) is 29.9 Å². The van der Waals surface area contributed by atoms with Crippen LogP contribution in [-0.4, -0.2) is 16.8 Å². The SMILES string of the molecule is CNC(c1c(Cl)cnn1C(C)C)C1CCCCC1(C)C. The van der Waals surface area contributed by atoms with E-state index in [1.54, 1.807) is 6.20 Å². The Hall–Kier alpha value is -0.540. The Labute approximate surface area is 128 Å². The van der Waals surface area contributed by atoms with Crippen molar-refractivity contribution < 1.29 is 0 Å². The Kier molecular flexibility index (Phi) is 4.80. The molecule has 1 aliphatic carbocycles. The molecular formula is C16H28ClN3. The molecule has 20 heavy (non-hydrogen) atoms. The molecule has 1 N–H and O–H groups in total. The maximum absolute atomic E-state index is 6.45. The standard InChI is InChI=1S/C16H28ClN3/c1-11(2)20-15(13(17)10-19-20)14(18-5)12-8-6-7-9-16(12,3)4/h10-12,14,18H,6-9H2,1-5H3. The van der Waals surface area contributed by atoms with Crippen LogP contribution in [0.5, 0.6) is 0 Å². The van der Waals surface area contributed by atoms with Gasteiger partial charge >= 0.3 is 0 Å². The highest BCUT2D eigenvalue weighted by molar-refractivity contribution is 6.31. The molecular weight excluding hydrogens is 270 g/mol. The van der Waals surface area contributed by atoms with Gasteiger partial charge in [-0.2, -0.15) is 5.10 Å². The number of aromatic nitrogens is 2. The van der Waals surface area contributed by atoms with Crippen LogP contribution in [0.3, 0.4) is 0 Å². The number of hydrogen-bond acceptors (Lipinski definition) is 2. The second-order valence-electron chi connectivity index (χ2n) is 7.02. The predicted octanol–water partition coefficient (Wildman–Crippen LogP) is 4.59. The molecule has 0 bridgehead atoms. The molecule has 1 aliphatic rings. The minimum atomic E-state index is 0.280. The van der Waals surface area contributed by atoms with E-state index in [1.165, 1.54) is 25.7 Å². The summed E-state index contributed by atoms with van der Waals surface area (Å²) >= 11 is 6.45. The van der Waals surface area contributed by atoms with Gasteiger partial charge in [0.15, 0.2) is 0 Å². The van der Waals surface area contributed by atoms with Crippen LogP contribution in [-0.2, 0) is 0 Å². The van der Waals surface area contributed by atoms with Gasteiger partial charge in [0.2, 0.25) is 0 Å². The fourth-order valence-electron chi connectivity index (χ4n) is 3.72. The van der Waals surface area contributed by atoms with E-state index >= 15 is 0 Å². The first-order chi connectivity index (χ1) is 9.38. The quantitative estimate of drug-likeness (QED) is 0.880. The Morgan fingerprint density at radius 1 is 1.40 bits per heavy atom. The number of rotatable bonds is 4. The van der Waals surface area contributed by atoms with E-state index in [-0.39, 0.29) is 6.04 Å².